The molecule has 1 aromatic heterocycles. The lowest BCUT2D eigenvalue weighted by atomic mass is 9.87. The van der Waals surface area contributed by atoms with Crippen molar-refractivity contribution < 1.29 is 0 Å². The van der Waals surface area contributed by atoms with Gasteiger partial charge in [-0.3, -0.25) is 4.79 Å². The van der Waals surface area contributed by atoms with Crippen molar-refractivity contribution in [3.63, 3.8) is 0 Å². The molecule has 0 saturated carbocycles. The predicted octanol–water partition coefficient (Wildman–Crippen LogP) is 2.65. The summed E-state index contributed by atoms with van der Waals surface area (Å²) < 4.78 is 0. The molecule has 0 aliphatic heterocycles. The molecule has 0 bridgehead atoms. The SMILES string of the molecule is CC1CCc2[nH]c3ccccc3c(=O)c2C1. The van der Waals surface area contributed by atoms with Crippen molar-refractivity contribution in [2.45, 2.75) is 26.2 Å². The number of aryl methyl sites for hydroxylation is 1. The topological polar surface area (TPSA) is 32.9 Å². The molecule has 0 radical (unpaired) electrons. The van der Waals surface area contributed by atoms with Gasteiger partial charge in [-0.25, -0.2) is 0 Å². The molecular formula is C14H15NO. The van der Waals surface area contributed by atoms with Gasteiger partial charge in [-0.05, 0) is 37.3 Å². The Labute approximate surface area is 94.3 Å². The van der Waals surface area contributed by atoms with Crippen molar-refractivity contribution in [2.75, 3.05) is 0 Å². The van der Waals surface area contributed by atoms with E-state index in [1.807, 2.05) is 24.3 Å². The molecule has 3 rings (SSSR count). The molecule has 82 valence electrons. The van der Waals surface area contributed by atoms with Crippen LogP contribution < -0.4 is 5.43 Å². The third-order valence-corrected chi connectivity index (χ3v) is 3.54. The normalized spacial score (nSPS) is 19.7. The Balaban J connectivity index is 2.34. The highest BCUT2D eigenvalue weighted by Gasteiger charge is 2.19. The highest BCUT2D eigenvalue weighted by molar-refractivity contribution is 5.79. The maximum Gasteiger partial charge on any atom is 0.192 e. The Kier molecular flexibility index (Phi) is 2.10. The Morgan fingerprint density at radius 2 is 2.12 bits per heavy atom. The zero-order valence-electron chi connectivity index (χ0n) is 9.42. The van der Waals surface area contributed by atoms with E-state index in [9.17, 15) is 4.79 Å². The Bertz CT molecular complexity index is 597. The number of para-hydroxylation sites is 1. The second-order valence-electron chi connectivity index (χ2n) is 4.80. The highest BCUT2D eigenvalue weighted by atomic mass is 16.1. The summed E-state index contributed by atoms with van der Waals surface area (Å²) in [4.78, 5) is 15.7. The summed E-state index contributed by atoms with van der Waals surface area (Å²) in [6.07, 6.45) is 3.12. The van der Waals surface area contributed by atoms with Crippen LogP contribution in [0.3, 0.4) is 0 Å². The Morgan fingerprint density at radius 3 is 3.00 bits per heavy atom. The number of rotatable bonds is 0. The third-order valence-electron chi connectivity index (χ3n) is 3.54. The fourth-order valence-electron chi connectivity index (χ4n) is 2.60. The summed E-state index contributed by atoms with van der Waals surface area (Å²) in [5.74, 6) is 0.634. The molecule has 1 aliphatic carbocycles. The number of hydrogen-bond acceptors (Lipinski definition) is 1. The summed E-state index contributed by atoms with van der Waals surface area (Å²) in [6, 6.07) is 7.79. The van der Waals surface area contributed by atoms with Crippen LogP contribution in [0.25, 0.3) is 10.9 Å². The van der Waals surface area contributed by atoms with Crippen molar-refractivity contribution in [1.29, 1.82) is 0 Å². The number of pyridine rings is 1. The maximum absolute atomic E-state index is 12.3. The molecule has 0 saturated heterocycles. The van der Waals surface area contributed by atoms with Gasteiger partial charge in [0.25, 0.3) is 0 Å². The van der Waals surface area contributed by atoms with E-state index in [0.29, 0.717) is 5.92 Å². The van der Waals surface area contributed by atoms with Crippen LogP contribution in [0.5, 0.6) is 0 Å². The van der Waals surface area contributed by atoms with Gasteiger partial charge in [0, 0.05) is 22.2 Å². The molecule has 2 aromatic rings. The monoisotopic (exact) mass is 213 g/mol. The highest BCUT2D eigenvalue weighted by Crippen LogP contribution is 2.23. The van der Waals surface area contributed by atoms with Crippen molar-refractivity contribution in [2.24, 2.45) is 5.92 Å². The van der Waals surface area contributed by atoms with Crippen LogP contribution in [0.2, 0.25) is 0 Å². The van der Waals surface area contributed by atoms with Crippen LogP contribution in [-0.4, -0.2) is 4.98 Å². The first kappa shape index (κ1) is 9.64. The molecule has 0 spiro atoms. The van der Waals surface area contributed by atoms with Gasteiger partial charge in [-0.15, -0.1) is 0 Å². The lowest BCUT2D eigenvalue weighted by molar-refractivity contribution is 0.493. The summed E-state index contributed by atoms with van der Waals surface area (Å²) in [6.45, 7) is 2.22. The second-order valence-corrected chi connectivity index (χ2v) is 4.80. The smallest absolute Gasteiger partial charge is 0.192 e. The zero-order chi connectivity index (χ0) is 11.1. The summed E-state index contributed by atoms with van der Waals surface area (Å²) in [7, 11) is 0. The number of hydrogen-bond donors (Lipinski definition) is 1. The van der Waals surface area contributed by atoms with E-state index in [2.05, 4.69) is 11.9 Å². The molecular weight excluding hydrogens is 198 g/mol. The predicted molar refractivity (Wildman–Crippen MR) is 65.8 cm³/mol. The van der Waals surface area contributed by atoms with Crippen molar-refractivity contribution >= 4 is 10.9 Å². The molecule has 0 amide bonds. The zero-order valence-corrected chi connectivity index (χ0v) is 9.42. The quantitative estimate of drug-likeness (QED) is 0.717. The number of benzene rings is 1. The molecule has 2 nitrogen and oxygen atoms in total. The number of aromatic amines is 1. The van der Waals surface area contributed by atoms with Crippen LogP contribution in [0.15, 0.2) is 29.1 Å². The molecule has 16 heavy (non-hydrogen) atoms. The first-order chi connectivity index (χ1) is 7.75. The first-order valence-corrected chi connectivity index (χ1v) is 5.88. The summed E-state index contributed by atoms with van der Waals surface area (Å²) >= 11 is 0. The van der Waals surface area contributed by atoms with Crippen LogP contribution in [-0.2, 0) is 12.8 Å². The van der Waals surface area contributed by atoms with Crippen LogP contribution in [0.4, 0.5) is 0 Å². The fourth-order valence-corrected chi connectivity index (χ4v) is 2.60. The average Bonchev–Trinajstić information content (AvgIpc) is 2.31. The van der Waals surface area contributed by atoms with E-state index in [1.165, 1.54) is 6.42 Å². The van der Waals surface area contributed by atoms with Gasteiger partial charge in [0.1, 0.15) is 0 Å². The van der Waals surface area contributed by atoms with Gasteiger partial charge in [0.2, 0.25) is 0 Å². The fraction of sp³-hybridized carbons (Fsp3) is 0.357. The van der Waals surface area contributed by atoms with Crippen molar-refractivity contribution in [3.05, 3.63) is 45.7 Å². The first-order valence-electron chi connectivity index (χ1n) is 5.88. The molecule has 1 aliphatic rings. The minimum Gasteiger partial charge on any atom is -0.358 e. The third kappa shape index (κ3) is 1.37. The van der Waals surface area contributed by atoms with E-state index in [0.717, 1.165) is 35.0 Å². The lowest BCUT2D eigenvalue weighted by Crippen LogP contribution is -2.22. The molecule has 1 aromatic carbocycles. The Morgan fingerprint density at radius 1 is 1.31 bits per heavy atom. The summed E-state index contributed by atoms with van der Waals surface area (Å²) in [5.41, 5.74) is 3.37. The van der Waals surface area contributed by atoms with Gasteiger partial charge in [0.05, 0.1) is 0 Å². The van der Waals surface area contributed by atoms with Crippen molar-refractivity contribution in [3.8, 4) is 0 Å². The van der Waals surface area contributed by atoms with Gasteiger partial charge in [-0.1, -0.05) is 19.1 Å². The lowest BCUT2D eigenvalue weighted by Gasteiger charge is -2.21. The number of H-pyrrole nitrogens is 1. The molecule has 0 fully saturated rings. The average molecular weight is 213 g/mol. The number of nitrogens with one attached hydrogen (secondary N) is 1. The molecule has 1 heterocycles. The number of aromatic nitrogens is 1. The van der Waals surface area contributed by atoms with Gasteiger partial charge in [-0.2, -0.15) is 0 Å². The van der Waals surface area contributed by atoms with E-state index in [-0.39, 0.29) is 5.43 Å². The molecule has 1 unspecified atom stereocenters. The minimum atomic E-state index is 0.232. The second kappa shape index (κ2) is 3.48. The van der Waals surface area contributed by atoms with Crippen LogP contribution in [0, 0.1) is 5.92 Å². The van der Waals surface area contributed by atoms with Gasteiger partial charge >= 0.3 is 0 Å². The van der Waals surface area contributed by atoms with E-state index >= 15 is 0 Å². The van der Waals surface area contributed by atoms with Gasteiger partial charge in [0.15, 0.2) is 5.43 Å². The van der Waals surface area contributed by atoms with Crippen LogP contribution in [0.1, 0.15) is 24.6 Å². The maximum atomic E-state index is 12.3. The molecule has 1 N–H and O–H groups in total. The van der Waals surface area contributed by atoms with E-state index in [1.54, 1.807) is 0 Å². The summed E-state index contributed by atoms with van der Waals surface area (Å²) in [5, 5.41) is 0.829. The van der Waals surface area contributed by atoms with E-state index in [4.69, 9.17) is 0 Å². The molecule has 2 heteroatoms. The Hall–Kier alpha value is -1.57. The largest absolute Gasteiger partial charge is 0.358 e. The van der Waals surface area contributed by atoms with E-state index < -0.39 is 0 Å². The minimum absolute atomic E-state index is 0.232. The van der Waals surface area contributed by atoms with Crippen molar-refractivity contribution in [1.82, 2.24) is 4.98 Å². The van der Waals surface area contributed by atoms with Crippen LogP contribution >= 0.6 is 0 Å². The number of fused-ring (bicyclic) bond motifs is 2. The molecule has 1 atom stereocenters. The van der Waals surface area contributed by atoms with Gasteiger partial charge < -0.3 is 4.98 Å². The standard InChI is InChI=1S/C14H15NO/c1-9-6-7-13-11(8-9)14(16)10-4-2-3-5-12(10)15-13/h2-5,9H,6-8H2,1H3,(H,15,16).